The molecule has 6 rings (SSSR count). The van der Waals surface area contributed by atoms with E-state index in [0.29, 0.717) is 49.2 Å². The molecule has 5 aliphatic heterocycles. The van der Waals surface area contributed by atoms with Gasteiger partial charge in [0.25, 0.3) is 0 Å². The Hall–Kier alpha value is -3.10. The fourth-order valence-corrected chi connectivity index (χ4v) is 8.24. The van der Waals surface area contributed by atoms with E-state index in [-0.39, 0.29) is 37.9 Å². The van der Waals surface area contributed by atoms with Gasteiger partial charge in [0.1, 0.15) is 29.8 Å². The van der Waals surface area contributed by atoms with E-state index in [0.717, 1.165) is 13.1 Å². The number of amides is 3. The molecule has 0 aliphatic carbocycles. The number of rotatable bonds is 7. The lowest BCUT2D eigenvalue weighted by Gasteiger charge is -2.39. The van der Waals surface area contributed by atoms with E-state index >= 15 is 0 Å². The summed E-state index contributed by atoms with van der Waals surface area (Å²) in [6, 6.07) is 7.38. The summed E-state index contributed by atoms with van der Waals surface area (Å²) in [5.74, 6) is -3.65. The number of ether oxygens (including phenoxy) is 3. The number of hydrogen-bond donors (Lipinski definition) is 2. The number of benzene rings is 1. The molecule has 0 radical (unpaired) electrons. The van der Waals surface area contributed by atoms with Crippen molar-refractivity contribution in [2.24, 2.45) is 11.8 Å². The molecule has 5 heterocycles. The Morgan fingerprint density at radius 2 is 1.83 bits per heavy atom. The summed E-state index contributed by atoms with van der Waals surface area (Å²) in [5.41, 5.74) is -0.739. The summed E-state index contributed by atoms with van der Waals surface area (Å²) in [6.07, 6.45) is 4.99. The molecule has 5 bridgehead atoms. The minimum atomic E-state index is -1.44. The molecule has 5 aliphatic rings. The van der Waals surface area contributed by atoms with Gasteiger partial charge in [0.05, 0.1) is 38.3 Å². The van der Waals surface area contributed by atoms with Crippen LogP contribution in [0.3, 0.4) is 0 Å². The van der Waals surface area contributed by atoms with E-state index in [1.807, 2.05) is 49.4 Å². The van der Waals surface area contributed by atoms with E-state index in [9.17, 15) is 24.3 Å². The van der Waals surface area contributed by atoms with Gasteiger partial charge in [0, 0.05) is 43.6 Å². The lowest BCUT2D eigenvalue weighted by atomic mass is 9.74. The van der Waals surface area contributed by atoms with Crippen LogP contribution < -0.4 is 5.32 Å². The van der Waals surface area contributed by atoms with Crippen molar-refractivity contribution in [1.82, 2.24) is 20.0 Å². The first-order valence-electron chi connectivity index (χ1n) is 16.5. The van der Waals surface area contributed by atoms with Gasteiger partial charge in [-0.05, 0) is 24.5 Å². The predicted molar refractivity (Wildman–Crippen MR) is 174 cm³/mol. The summed E-state index contributed by atoms with van der Waals surface area (Å²) in [4.78, 5) is 61.7. The normalized spacial score (nSPS) is 33.3. The Kier molecular flexibility index (Phi) is 10.5. The summed E-state index contributed by atoms with van der Waals surface area (Å²) in [7, 11) is 0. The number of allylic oxidation sites excluding steroid dienone is 1. The number of esters is 1. The number of hydrogen-bond acceptors (Lipinski definition) is 9. The topological polar surface area (TPSA) is 138 Å². The second-order valence-corrected chi connectivity index (χ2v) is 13.6. The molecular weight excluding hydrogens is 672 g/mol. The van der Waals surface area contributed by atoms with Crippen molar-refractivity contribution in [2.45, 2.75) is 56.1 Å². The van der Waals surface area contributed by atoms with Crippen LogP contribution in [0, 0.1) is 11.8 Å². The van der Waals surface area contributed by atoms with Crippen molar-refractivity contribution in [3.63, 3.8) is 0 Å². The van der Waals surface area contributed by atoms with E-state index in [2.05, 4.69) is 26.1 Å². The van der Waals surface area contributed by atoms with Crippen molar-refractivity contribution < 1.29 is 38.5 Å². The second kappa shape index (κ2) is 14.6. The van der Waals surface area contributed by atoms with E-state index in [4.69, 9.17) is 14.2 Å². The second-order valence-electron chi connectivity index (χ2n) is 12.7. The highest BCUT2D eigenvalue weighted by molar-refractivity contribution is 9.11. The lowest BCUT2D eigenvalue weighted by molar-refractivity contribution is -0.160. The van der Waals surface area contributed by atoms with Crippen molar-refractivity contribution in [2.75, 3.05) is 59.1 Å². The van der Waals surface area contributed by atoms with Gasteiger partial charge >= 0.3 is 5.97 Å². The van der Waals surface area contributed by atoms with Gasteiger partial charge < -0.3 is 34.4 Å². The number of morpholine rings is 1. The van der Waals surface area contributed by atoms with Crippen molar-refractivity contribution in [3.05, 3.63) is 58.6 Å². The molecule has 3 saturated heterocycles. The van der Waals surface area contributed by atoms with Crippen molar-refractivity contribution in [1.29, 1.82) is 0 Å². The number of aliphatic hydroxyl groups is 1. The first-order chi connectivity index (χ1) is 22.8. The average molecular weight is 716 g/mol. The maximum absolute atomic E-state index is 14.8. The average Bonchev–Trinajstić information content (AvgIpc) is 3.68. The molecule has 3 amide bonds. The molecule has 3 fully saturated rings. The van der Waals surface area contributed by atoms with Crippen LogP contribution in [0.5, 0.6) is 0 Å². The quantitative estimate of drug-likeness (QED) is 0.318. The zero-order chi connectivity index (χ0) is 33.1. The molecule has 1 aromatic rings. The molecule has 47 heavy (non-hydrogen) atoms. The molecule has 1 spiro atoms. The minimum absolute atomic E-state index is 0.0578. The summed E-state index contributed by atoms with van der Waals surface area (Å²) >= 11 is 3.59. The number of nitrogens with zero attached hydrogens (tertiary/aromatic N) is 3. The highest BCUT2D eigenvalue weighted by Gasteiger charge is 2.75. The number of carbonyl (C=O) groups is 4. The number of likely N-dealkylation sites (tertiary alicyclic amines) is 1. The van der Waals surface area contributed by atoms with Crippen LogP contribution in [-0.2, 0) is 33.4 Å². The molecule has 12 nitrogen and oxygen atoms in total. The highest BCUT2D eigenvalue weighted by Crippen LogP contribution is 2.59. The molecule has 1 aromatic carbocycles. The first kappa shape index (κ1) is 33.8. The van der Waals surface area contributed by atoms with Crippen LogP contribution in [0.25, 0.3) is 0 Å². The van der Waals surface area contributed by atoms with E-state index < -0.39 is 53.6 Å². The van der Waals surface area contributed by atoms with E-state index in [1.165, 1.54) is 4.90 Å². The van der Waals surface area contributed by atoms with Crippen molar-refractivity contribution >= 4 is 39.6 Å². The minimum Gasteiger partial charge on any atom is -0.455 e. The largest absolute Gasteiger partial charge is 0.455 e. The summed E-state index contributed by atoms with van der Waals surface area (Å²) in [5, 5.41) is 13.3. The third-order valence-corrected chi connectivity index (χ3v) is 10.7. The Morgan fingerprint density at radius 3 is 2.55 bits per heavy atom. The Bertz CT molecular complexity index is 1400. The third kappa shape index (κ3) is 6.52. The highest BCUT2D eigenvalue weighted by atomic mass is 79.9. The van der Waals surface area contributed by atoms with Crippen LogP contribution in [-0.4, -0.2) is 126 Å². The van der Waals surface area contributed by atoms with Gasteiger partial charge in [0.2, 0.25) is 17.7 Å². The van der Waals surface area contributed by atoms with Crippen molar-refractivity contribution in [3.8, 4) is 0 Å². The molecule has 0 saturated carbocycles. The van der Waals surface area contributed by atoms with Crippen LogP contribution in [0.15, 0.2) is 53.0 Å². The molecule has 2 N–H and O–H groups in total. The van der Waals surface area contributed by atoms with Gasteiger partial charge in [-0.15, -0.1) is 0 Å². The molecule has 7 atom stereocenters. The SMILES string of the molecule is CC[C@@H](CO)N1C(=O)[C@H]2[C@@H]3C(=O)O[C@H](c4ccccc4)CNC(=O)CC/C=C\CN(CCN4CCOCC4)C(=O)[C@H]1[C@@]21C=C(Br)[C@@H]3O1. The Morgan fingerprint density at radius 1 is 1.06 bits per heavy atom. The van der Waals surface area contributed by atoms with Gasteiger partial charge in [-0.2, -0.15) is 0 Å². The lowest BCUT2D eigenvalue weighted by Crippen LogP contribution is -2.59. The smallest absolute Gasteiger partial charge is 0.313 e. The number of halogens is 1. The van der Waals surface area contributed by atoms with Crippen LogP contribution >= 0.6 is 15.9 Å². The number of aliphatic hydroxyl groups excluding tert-OH is 1. The summed E-state index contributed by atoms with van der Waals surface area (Å²) < 4.78 is 18.8. The molecule has 13 heteroatoms. The van der Waals surface area contributed by atoms with Crippen LogP contribution in [0.4, 0.5) is 0 Å². The van der Waals surface area contributed by atoms with Gasteiger partial charge in [-0.3, -0.25) is 24.1 Å². The third-order valence-electron chi connectivity index (χ3n) is 9.99. The molecule has 254 valence electrons. The maximum Gasteiger partial charge on any atom is 0.313 e. The number of fused-ring (bicyclic) bond motifs is 2. The molecular formula is C34H43BrN4O8. The number of cyclic esters (lactones) is 1. The zero-order valence-corrected chi connectivity index (χ0v) is 28.2. The fourth-order valence-electron chi connectivity index (χ4n) is 7.51. The predicted octanol–water partition coefficient (Wildman–Crippen LogP) is 1.54. The number of carbonyl (C=O) groups excluding carboxylic acids is 4. The van der Waals surface area contributed by atoms with Crippen LogP contribution in [0.2, 0.25) is 0 Å². The summed E-state index contributed by atoms with van der Waals surface area (Å²) in [6.45, 7) is 5.57. The Balaban J connectivity index is 1.40. The Labute approximate surface area is 283 Å². The van der Waals surface area contributed by atoms with Gasteiger partial charge in [-0.25, -0.2) is 0 Å². The monoisotopic (exact) mass is 714 g/mol. The van der Waals surface area contributed by atoms with Gasteiger partial charge in [-0.1, -0.05) is 65.3 Å². The van der Waals surface area contributed by atoms with E-state index in [1.54, 1.807) is 11.0 Å². The first-order valence-corrected chi connectivity index (χ1v) is 17.3. The standard InChI is InChI=1S/C34H43BrN4O8/c1-2-23(21-40)39-30-32(43)38(14-13-37-15-17-45-18-16-37)12-8-4-7-11-26(41)36-20-25(22-9-5-3-6-10-22)46-33(44)27-28(31(39)42)34(30)19-24(35)29(27)47-34/h3-6,8-10,19,23,25,27-30,40H,2,7,11-18,20-21H2,1H3,(H,36,41)/b8-4-/t23-,25-,27-,28+,29-,30-,34+/m0/s1. The zero-order valence-electron chi connectivity index (χ0n) is 26.6. The van der Waals surface area contributed by atoms with Crippen LogP contribution in [0.1, 0.15) is 37.9 Å². The molecule has 0 aromatic heterocycles. The molecule has 0 unspecified atom stereocenters. The fraction of sp³-hybridized carbons (Fsp3) is 0.588. The number of nitrogens with one attached hydrogen (secondary N) is 1. The maximum atomic E-state index is 14.8. The van der Waals surface area contributed by atoms with Gasteiger partial charge in [0.15, 0.2) is 0 Å².